The van der Waals surface area contributed by atoms with Crippen molar-refractivity contribution in [1.29, 1.82) is 5.26 Å². The normalized spacial score (nSPS) is 10.1. The molecule has 1 heterocycles. The number of nitrogens with two attached hydrogens (primary N) is 1. The summed E-state index contributed by atoms with van der Waals surface area (Å²) in [5.41, 5.74) is 8.25. The maximum atomic E-state index is 8.72. The van der Waals surface area contributed by atoms with Crippen LogP contribution in [0.5, 0.6) is 0 Å². The van der Waals surface area contributed by atoms with Crippen molar-refractivity contribution in [2.45, 2.75) is 12.8 Å². The summed E-state index contributed by atoms with van der Waals surface area (Å²) < 4.78 is 1.68. The molecule has 3 N–H and O–H groups in total. The molecule has 98 valence electrons. The summed E-state index contributed by atoms with van der Waals surface area (Å²) in [6.45, 7) is 0.736. The average Bonchev–Trinajstić information content (AvgIpc) is 2.79. The molecular formula is C13H16N6. The number of aromatic nitrogens is 3. The van der Waals surface area contributed by atoms with Crippen LogP contribution in [-0.2, 0) is 19.9 Å². The number of nitrogens with one attached hydrogen (secondary N) is 1. The van der Waals surface area contributed by atoms with Gasteiger partial charge in [-0.3, -0.25) is 4.68 Å². The van der Waals surface area contributed by atoms with Crippen LogP contribution in [0.2, 0.25) is 0 Å². The molecule has 0 radical (unpaired) electrons. The smallest absolute Gasteiger partial charge is 0.152 e. The van der Waals surface area contributed by atoms with E-state index < -0.39 is 0 Å². The first kappa shape index (κ1) is 12.9. The predicted molar refractivity (Wildman–Crippen MR) is 73.4 cm³/mol. The SMILES string of the molecule is Cn1cnc(CCNc2ccc(N)c(CC#N)c2)n1. The first-order chi connectivity index (χ1) is 9.19. The van der Waals surface area contributed by atoms with Gasteiger partial charge in [0.15, 0.2) is 5.82 Å². The van der Waals surface area contributed by atoms with E-state index in [4.69, 9.17) is 11.0 Å². The molecule has 0 fully saturated rings. The van der Waals surface area contributed by atoms with E-state index in [2.05, 4.69) is 21.5 Å². The third kappa shape index (κ3) is 3.45. The Hall–Kier alpha value is -2.55. The van der Waals surface area contributed by atoms with E-state index in [1.807, 2.05) is 25.2 Å². The number of hydrogen-bond acceptors (Lipinski definition) is 5. The number of hydrogen-bond donors (Lipinski definition) is 2. The molecule has 0 atom stereocenters. The van der Waals surface area contributed by atoms with Crippen LogP contribution in [0.15, 0.2) is 24.5 Å². The Morgan fingerprint density at radius 1 is 1.47 bits per heavy atom. The summed E-state index contributed by atoms with van der Waals surface area (Å²) in [5, 5.41) is 16.2. The second kappa shape index (κ2) is 5.87. The zero-order chi connectivity index (χ0) is 13.7. The van der Waals surface area contributed by atoms with Crippen LogP contribution in [-0.4, -0.2) is 21.3 Å². The number of aryl methyl sites for hydroxylation is 1. The molecule has 6 nitrogen and oxygen atoms in total. The topological polar surface area (TPSA) is 92.5 Å². The highest BCUT2D eigenvalue weighted by Gasteiger charge is 2.02. The molecule has 0 spiro atoms. The van der Waals surface area contributed by atoms with Crippen molar-refractivity contribution < 1.29 is 0 Å². The van der Waals surface area contributed by atoms with Crippen molar-refractivity contribution in [3.63, 3.8) is 0 Å². The van der Waals surface area contributed by atoms with Gasteiger partial charge < -0.3 is 11.1 Å². The quantitative estimate of drug-likeness (QED) is 0.782. The molecule has 1 aromatic carbocycles. The molecule has 19 heavy (non-hydrogen) atoms. The van der Waals surface area contributed by atoms with Crippen LogP contribution in [0, 0.1) is 11.3 Å². The first-order valence-corrected chi connectivity index (χ1v) is 6.03. The van der Waals surface area contributed by atoms with E-state index in [0.29, 0.717) is 12.1 Å². The summed E-state index contributed by atoms with van der Waals surface area (Å²) >= 11 is 0. The molecule has 1 aromatic heterocycles. The van der Waals surface area contributed by atoms with Crippen molar-refractivity contribution in [3.05, 3.63) is 35.9 Å². The lowest BCUT2D eigenvalue weighted by atomic mass is 10.1. The van der Waals surface area contributed by atoms with Crippen molar-refractivity contribution >= 4 is 11.4 Å². The number of nitrogen functional groups attached to an aromatic ring is 1. The number of anilines is 2. The molecule has 0 aliphatic carbocycles. The van der Waals surface area contributed by atoms with Gasteiger partial charge in [-0.25, -0.2) is 4.98 Å². The molecule has 2 aromatic rings. The van der Waals surface area contributed by atoms with E-state index in [-0.39, 0.29) is 0 Å². The Kier molecular flexibility index (Phi) is 3.98. The molecule has 0 aliphatic rings. The molecule has 0 saturated carbocycles. The summed E-state index contributed by atoms with van der Waals surface area (Å²) in [7, 11) is 1.85. The second-order valence-corrected chi connectivity index (χ2v) is 4.26. The lowest BCUT2D eigenvalue weighted by molar-refractivity contribution is 0.742. The fraction of sp³-hybridized carbons (Fsp3) is 0.308. The van der Waals surface area contributed by atoms with Gasteiger partial charge >= 0.3 is 0 Å². The number of benzene rings is 1. The van der Waals surface area contributed by atoms with Crippen LogP contribution in [0.3, 0.4) is 0 Å². The standard InChI is InChI=1S/C13H16N6/c1-19-9-17-13(18-19)5-7-16-11-2-3-12(15)10(8-11)4-6-14/h2-3,8-9,16H,4-5,7,15H2,1H3. The van der Waals surface area contributed by atoms with Crippen molar-refractivity contribution in [2.24, 2.45) is 7.05 Å². The van der Waals surface area contributed by atoms with Gasteiger partial charge in [-0.15, -0.1) is 0 Å². The van der Waals surface area contributed by atoms with E-state index in [1.165, 1.54) is 0 Å². The van der Waals surface area contributed by atoms with E-state index in [0.717, 1.165) is 30.0 Å². The monoisotopic (exact) mass is 256 g/mol. The molecule has 6 heteroatoms. The zero-order valence-electron chi connectivity index (χ0n) is 10.8. The minimum atomic E-state index is 0.323. The summed E-state index contributed by atoms with van der Waals surface area (Å²) in [6.07, 6.45) is 2.76. The van der Waals surface area contributed by atoms with Crippen LogP contribution >= 0.6 is 0 Å². The maximum Gasteiger partial charge on any atom is 0.152 e. The highest BCUT2D eigenvalue weighted by Crippen LogP contribution is 2.18. The molecule has 0 aliphatic heterocycles. The Labute approximate surface area is 111 Å². The van der Waals surface area contributed by atoms with E-state index in [9.17, 15) is 0 Å². The van der Waals surface area contributed by atoms with E-state index >= 15 is 0 Å². The Bertz CT molecular complexity index is 595. The molecule has 2 rings (SSSR count). The molecule has 0 amide bonds. The Balaban J connectivity index is 1.92. The lowest BCUT2D eigenvalue weighted by Gasteiger charge is -2.08. The minimum Gasteiger partial charge on any atom is -0.398 e. The highest BCUT2D eigenvalue weighted by atomic mass is 15.3. The van der Waals surface area contributed by atoms with Gasteiger partial charge in [0.25, 0.3) is 0 Å². The van der Waals surface area contributed by atoms with Crippen LogP contribution in [0.25, 0.3) is 0 Å². The van der Waals surface area contributed by atoms with Gasteiger partial charge in [-0.1, -0.05) is 0 Å². The zero-order valence-corrected chi connectivity index (χ0v) is 10.8. The fourth-order valence-corrected chi connectivity index (χ4v) is 1.77. The largest absolute Gasteiger partial charge is 0.398 e. The number of rotatable bonds is 5. The van der Waals surface area contributed by atoms with E-state index in [1.54, 1.807) is 11.0 Å². The molecule has 0 unspecified atom stereocenters. The Morgan fingerprint density at radius 3 is 3.00 bits per heavy atom. The third-order valence-corrected chi connectivity index (χ3v) is 2.74. The van der Waals surface area contributed by atoms with Gasteiger partial charge in [0.05, 0.1) is 12.5 Å². The number of nitrogens with zero attached hydrogens (tertiary/aromatic N) is 4. The van der Waals surface area contributed by atoms with Gasteiger partial charge in [0, 0.05) is 31.4 Å². The molecule has 0 saturated heterocycles. The Morgan fingerprint density at radius 2 is 2.32 bits per heavy atom. The number of nitriles is 1. The van der Waals surface area contributed by atoms with Crippen LogP contribution in [0.4, 0.5) is 11.4 Å². The highest BCUT2D eigenvalue weighted by molar-refractivity contribution is 5.58. The van der Waals surface area contributed by atoms with Gasteiger partial charge in [0.1, 0.15) is 6.33 Å². The maximum absolute atomic E-state index is 8.72. The lowest BCUT2D eigenvalue weighted by Crippen LogP contribution is -2.07. The first-order valence-electron chi connectivity index (χ1n) is 6.03. The van der Waals surface area contributed by atoms with Gasteiger partial charge in [-0.2, -0.15) is 10.4 Å². The summed E-state index contributed by atoms with van der Waals surface area (Å²) in [6, 6.07) is 7.73. The average molecular weight is 256 g/mol. The van der Waals surface area contributed by atoms with Crippen LogP contribution in [0.1, 0.15) is 11.4 Å². The minimum absolute atomic E-state index is 0.323. The summed E-state index contributed by atoms with van der Waals surface area (Å²) in [4.78, 5) is 4.16. The van der Waals surface area contributed by atoms with Crippen molar-refractivity contribution in [3.8, 4) is 6.07 Å². The van der Waals surface area contributed by atoms with Crippen molar-refractivity contribution in [1.82, 2.24) is 14.8 Å². The predicted octanol–water partition coefficient (Wildman–Crippen LogP) is 1.12. The van der Waals surface area contributed by atoms with Gasteiger partial charge in [-0.05, 0) is 23.8 Å². The van der Waals surface area contributed by atoms with Gasteiger partial charge in [0.2, 0.25) is 0 Å². The molecule has 0 bridgehead atoms. The molecular weight excluding hydrogens is 240 g/mol. The third-order valence-electron chi connectivity index (χ3n) is 2.74. The second-order valence-electron chi connectivity index (χ2n) is 4.26. The fourth-order valence-electron chi connectivity index (χ4n) is 1.77. The van der Waals surface area contributed by atoms with Crippen molar-refractivity contribution in [2.75, 3.05) is 17.6 Å². The van der Waals surface area contributed by atoms with Crippen LogP contribution < -0.4 is 11.1 Å². The summed E-state index contributed by atoms with van der Waals surface area (Å²) in [5.74, 6) is 0.808.